The summed E-state index contributed by atoms with van der Waals surface area (Å²) in [6.07, 6.45) is 2.24. The first-order chi connectivity index (χ1) is 9.83. The predicted molar refractivity (Wildman–Crippen MR) is 82.5 cm³/mol. The lowest BCUT2D eigenvalue weighted by Crippen LogP contribution is -2.24. The summed E-state index contributed by atoms with van der Waals surface area (Å²) in [4.78, 5) is 0. The van der Waals surface area contributed by atoms with Crippen molar-refractivity contribution in [1.82, 2.24) is 5.32 Å². The van der Waals surface area contributed by atoms with E-state index in [0.29, 0.717) is 12.6 Å². The van der Waals surface area contributed by atoms with E-state index in [0.717, 1.165) is 30.2 Å². The number of ether oxygens (including phenoxy) is 1. The summed E-state index contributed by atoms with van der Waals surface area (Å²) < 4.78 is 5.69. The van der Waals surface area contributed by atoms with Crippen molar-refractivity contribution < 1.29 is 4.74 Å². The zero-order valence-corrected chi connectivity index (χ0v) is 12.1. The molecule has 3 heteroatoms. The smallest absolute Gasteiger partial charge is 0.119 e. The van der Waals surface area contributed by atoms with Crippen molar-refractivity contribution in [3.63, 3.8) is 0 Å². The highest BCUT2D eigenvalue weighted by Gasteiger charge is 2.21. The first-order valence-corrected chi connectivity index (χ1v) is 7.40. The van der Waals surface area contributed by atoms with Gasteiger partial charge < -0.3 is 10.1 Å². The second-order valence-electron chi connectivity index (χ2n) is 5.05. The minimum atomic E-state index is 0.432. The Kier molecular flexibility index (Phi) is 4.24. The highest BCUT2D eigenvalue weighted by molar-refractivity contribution is 6.30. The molecule has 3 rings (SSSR count). The molecule has 2 aromatic rings. The molecule has 0 saturated heterocycles. The number of rotatable bonds is 5. The Labute approximate surface area is 124 Å². The Balaban J connectivity index is 1.49. The van der Waals surface area contributed by atoms with Gasteiger partial charge in [-0.3, -0.25) is 0 Å². The highest BCUT2D eigenvalue weighted by atomic mass is 35.5. The molecule has 0 aromatic heterocycles. The second kappa shape index (κ2) is 6.29. The molecule has 104 valence electrons. The Hall–Kier alpha value is -1.51. The molecular formula is C17H18ClNO. The minimum absolute atomic E-state index is 0.432. The van der Waals surface area contributed by atoms with Gasteiger partial charge in [-0.15, -0.1) is 0 Å². The van der Waals surface area contributed by atoms with E-state index in [9.17, 15) is 0 Å². The molecule has 2 aromatic carbocycles. The van der Waals surface area contributed by atoms with Gasteiger partial charge in [0.15, 0.2) is 0 Å². The largest absolute Gasteiger partial charge is 0.492 e. The van der Waals surface area contributed by atoms with Crippen LogP contribution in [-0.2, 0) is 6.42 Å². The Morgan fingerprint density at radius 1 is 1.15 bits per heavy atom. The van der Waals surface area contributed by atoms with Gasteiger partial charge in [0.1, 0.15) is 12.4 Å². The van der Waals surface area contributed by atoms with Gasteiger partial charge >= 0.3 is 0 Å². The molecule has 1 unspecified atom stereocenters. The normalized spacial score (nSPS) is 16.9. The van der Waals surface area contributed by atoms with E-state index in [1.54, 1.807) is 0 Å². The third kappa shape index (κ3) is 3.14. The standard InChI is InChI=1S/C17H18ClNO/c18-14-7-8-16-13(12-14)6-9-17(16)19-10-11-20-15-4-2-1-3-5-15/h1-5,7-8,12,17,19H,6,9-11H2. The van der Waals surface area contributed by atoms with Crippen LogP contribution in [0.15, 0.2) is 48.5 Å². The van der Waals surface area contributed by atoms with E-state index in [2.05, 4.69) is 17.4 Å². The van der Waals surface area contributed by atoms with Crippen LogP contribution in [-0.4, -0.2) is 13.2 Å². The van der Waals surface area contributed by atoms with Crippen molar-refractivity contribution in [3.05, 3.63) is 64.7 Å². The lowest BCUT2D eigenvalue weighted by Gasteiger charge is -2.14. The summed E-state index contributed by atoms with van der Waals surface area (Å²) in [6, 6.07) is 16.5. The van der Waals surface area contributed by atoms with Crippen molar-refractivity contribution in [3.8, 4) is 5.75 Å². The van der Waals surface area contributed by atoms with Crippen molar-refractivity contribution in [1.29, 1.82) is 0 Å². The zero-order chi connectivity index (χ0) is 13.8. The summed E-state index contributed by atoms with van der Waals surface area (Å²) in [7, 11) is 0. The van der Waals surface area contributed by atoms with Gasteiger partial charge in [0.05, 0.1) is 0 Å². The quantitative estimate of drug-likeness (QED) is 0.840. The Morgan fingerprint density at radius 2 is 2.00 bits per heavy atom. The fourth-order valence-electron chi connectivity index (χ4n) is 2.72. The molecule has 20 heavy (non-hydrogen) atoms. The molecule has 0 bridgehead atoms. The molecular weight excluding hydrogens is 270 g/mol. The zero-order valence-electron chi connectivity index (χ0n) is 11.3. The van der Waals surface area contributed by atoms with Crippen molar-refractivity contribution in [2.45, 2.75) is 18.9 Å². The lowest BCUT2D eigenvalue weighted by atomic mass is 10.1. The summed E-state index contributed by atoms with van der Waals surface area (Å²) in [5.74, 6) is 0.924. The van der Waals surface area contributed by atoms with Crippen LogP contribution in [0.3, 0.4) is 0 Å². The van der Waals surface area contributed by atoms with Gasteiger partial charge in [-0.25, -0.2) is 0 Å². The van der Waals surface area contributed by atoms with Crippen LogP contribution in [0, 0.1) is 0 Å². The van der Waals surface area contributed by atoms with E-state index < -0.39 is 0 Å². The highest BCUT2D eigenvalue weighted by Crippen LogP contribution is 2.32. The third-order valence-corrected chi connectivity index (χ3v) is 3.92. The first-order valence-electron chi connectivity index (χ1n) is 7.02. The molecule has 2 nitrogen and oxygen atoms in total. The van der Waals surface area contributed by atoms with Crippen LogP contribution in [0.2, 0.25) is 5.02 Å². The molecule has 1 atom stereocenters. The SMILES string of the molecule is Clc1ccc2c(c1)CCC2NCCOc1ccccc1. The summed E-state index contributed by atoms with van der Waals surface area (Å²) in [5.41, 5.74) is 2.76. The topological polar surface area (TPSA) is 21.3 Å². The number of aryl methyl sites for hydroxylation is 1. The van der Waals surface area contributed by atoms with Gasteiger partial charge in [-0.2, -0.15) is 0 Å². The number of benzene rings is 2. The summed E-state index contributed by atoms with van der Waals surface area (Å²) in [6.45, 7) is 1.53. The van der Waals surface area contributed by atoms with Crippen molar-refractivity contribution >= 4 is 11.6 Å². The van der Waals surface area contributed by atoms with Gasteiger partial charge in [0.25, 0.3) is 0 Å². The number of halogens is 1. The first kappa shape index (κ1) is 13.5. The number of hydrogen-bond donors (Lipinski definition) is 1. The third-order valence-electron chi connectivity index (χ3n) is 3.69. The molecule has 1 aliphatic carbocycles. The van der Waals surface area contributed by atoms with Crippen LogP contribution in [0.4, 0.5) is 0 Å². The van der Waals surface area contributed by atoms with Crippen LogP contribution in [0.25, 0.3) is 0 Å². The summed E-state index contributed by atoms with van der Waals surface area (Å²) >= 11 is 6.03. The van der Waals surface area contributed by atoms with E-state index in [4.69, 9.17) is 16.3 Å². The van der Waals surface area contributed by atoms with E-state index in [1.165, 1.54) is 11.1 Å². The molecule has 1 aliphatic rings. The maximum absolute atomic E-state index is 6.03. The average molecular weight is 288 g/mol. The number of nitrogens with one attached hydrogen (secondary N) is 1. The second-order valence-corrected chi connectivity index (χ2v) is 5.49. The molecule has 0 radical (unpaired) electrons. The summed E-state index contributed by atoms with van der Waals surface area (Å²) in [5, 5.41) is 4.39. The molecule has 0 heterocycles. The maximum atomic E-state index is 6.03. The fourth-order valence-corrected chi connectivity index (χ4v) is 2.91. The van der Waals surface area contributed by atoms with E-state index in [1.807, 2.05) is 36.4 Å². The number of hydrogen-bond acceptors (Lipinski definition) is 2. The van der Waals surface area contributed by atoms with Gasteiger partial charge in [-0.05, 0) is 48.2 Å². The van der Waals surface area contributed by atoms with Gasteiger partial charge in [0, 0.05) is 17.6 Å². The maximum Gasteiger partial charge on any atom is 0.119 e. The fraction of sp³-hybridized carbons (Fsp3) is 0.294. The molecule has 0 amide bonds. The number of para-hydroxylation sites is 1. The molecule has 0 spiro atoms. The number of fused-ring (bicyclic) bond motifs is 1. The van der Waals surface area contributed by atoms with Crippen LogP contribution in [0.1, 0.15) is 23.6 Å². The van der Waals surface area contributed by atoms with Crippen molar-refractivity contribution in [2.75, 3.05) is 13.2 Å². The van der Waals surface area contributed by atoms with Crippen molar-refractivity contribution in [2.24, 2.45) is 0 Å². The Bertz CT molecular complexity index is 570. The van der Waals surface area contributed by atoms with E-state index in [-0.39, 0.29) is 0 Å². The predicted octanol–water partition coefficient (Wildman–Crippen LogP) is 4.00. The van der Waals surface area contributed by atoms with Crippen LogP contribution < -0.4 is 10.1 Å². The minimum Gasteiger partial charge on any atom is -0.492 e. The van der Waals surface area contributed by atoms with Gasteiger partial charge in [-0.1, -0.05) is 35.9 Å². The van der Waals surface area contributed by atoms with E-state index >= 15 is 0 Å². The molecule has 0 fully saturated rings. The monoisotopic (exact) mass is 287 g/mol. The molecule has 0 aliphatic heterocycles. The lowest BCUT2D eigenvalue weighted by molar-refractivity contribution is 0.305. The Morgan fingerprint density at radius 3 is 2.85 bits per heavy atom. The molecule has 1 N–H and O–H groups in total. The molecule has 0 saturated carbocycles. The average Bonchev–Trinajstić information content (AvgIpc) is 2.87. The van der Waals surface area contributed by atoms with Crippen LogP contribution >= 0.6 is 11.6 Å². The van der Waals surface area contributed by atoms with Crippen LogP contribution in [0.5, 0.6) is 5.75 Å². The van der Waals surface area contributed by atoms with Gasteiger partial charge in [0.2, 0.25) is 0 Å².